The Morgan fingerprint density at radius 3 is 2.77 bits per heavy atom. The molecule has 1 atom stereocenters. The minimum Gasteiger partial charge on any atom is -0.467 e. The van der Waals surface area contributed by atoms with Gasteiger partial charge in [-0.05, 0) is 23.6 Å². The Morgan fingerprint density at radius 2 is 2.00 bits per heavy atom. The van der Waals surface area contributed by atoms with Crippen molar-refractivity contribution in [3.63, 3.8) is 0 Å². The first kappa shape index (κ1) is 28.6. The number of fused-ring (bicyclic) bond motifs is 2. The molecule has 220 valence electrons. The van der Waals surface area contributed by atoms with Crippen LogP contribution in [0.25, 0.3) is 39.0 Å². The van der Waals surface area contributed by atoms with Crippen LogP contribution in [0.5, 0.6) is 6.01 Å². The number of amides is 1. The molecule has 1 fully saturated rings. The molecule has 1 N–H and O–H groups in total. The summed E-state index contributed by atoms with van der Waals surface area (Å²) < 4.78 is 42.1. The van der Waals surface area contributed by atoms with E-state index < -0.39 is 23.6 Å². The summed E-state index contributed by atoms with van der Waals surface area (Å²) in [5.74, 6) is 0.445. The summed E-state index contributed by atoms with van der Waals surface area (Å²) in [4.78, 5) is 31.8. The van der Waals surface area contributed by atoms with Crippen molar-refractivity contribution in [1.82, 2.24) is 25.3 Å². The van der Waals surface area contributed by atoms with E-state index >= 15 is 4.39 Å². The van der Waals surface area contributed by atoms with E-state index in [0.717, 1.165) is 11.5 Å². The summed E-state index contributed by atoms with van der Waals surface area (Å²) in [6.45, 7) is 0.960. The zero-order valence-corrected chi connectivity index (χ0v) is 23.6. The highest BCUT2D eigenvalue weighted by Crippen LogP contribution is 2.36. The quantitative estimate of drug-likeness (QED) is 0.224. The first-order chi connectivity index (χ1) is 21.5. The normalized spacial score (nSPS) is 15.5. The van der Waals surface area contributed by atoms with Gasteiger partial charge in [-0.25, -0.2) is 8.78 Å². The minimum atomic E-state index is -0.992. The second-order valence-corrected chi connectivity index (χ2v) is 10.0. The molecular formula is C33H26F2N6O3. The van der Waals surface area contributed by atoms with E-state index in [1.54, 1.807) is 35.2 Å². The number of pyridine rings is 2. The number of methoxy groups -OCH3 is 1. The molecule has 1 saturated heterocycles. The number of benzene rings is 2. The van der Waals surface area contributed by atoms with E-state index in [0.29, 0.717) is 40.0 Å². The van der Waals surface area contributed by atoms with Crippen LogP contribution in [0.3, 0.4) is 0 Å². The lowest BCUT2D eigenvalue weighted by molar-refractivity contribution is -0.119. The van der Waals surface area contributed by atoms with Crippen LogP contribution in [0.15, 0.2) is 72.8 Å². The number of aromatic nitrogens is 4. The van der Waals surface area contributed by atoms with Gasteiger partial charge in [0.05, 0.1) is 37.4 Å². The lowest BCUT2D eigenvalue weighted by atomic mass is 9.97. The molecule has 9 nitrogen and oxygen atoms in total. The average Bonchev–Trinajstić information content (AvgIpc) is 3.30. The van der Waals surface area contributed by atoms with Gasteiger partial charge in [0.25, 0.3) is 5.91 Å². The lowest BCUT2D eigenvalue weighted by Gasteiger charge is -2.26. The van der Waals surface area contributed by atoms with E-state index in [2.05, 4.69) is 31.2 Å². The fraction of sp³-hybridized carbons (Fsp3) is 0.182. The number of nitrogens with zero attached hydrogens (tertiary/aromatic N) is 5. The van der Waals surface area contributed by atoms with Crippen molar-refractivity contribution in [2.24, 2.45) is 0 Å². The Balaban J connectivity index is 1.36. The van der Waals surface area contributed by atoms with Gasteiger partial charge >= 0.3 is 6.01 Å². The maximum absolute atomic E-state index is 16.4. The number of anilines is 1. The number of carbonyl (C=O) groups is 1. The Morgan fingerprint density at radius 1 is 1.16 bits per heavy atom. The van der Waals surface area contributed by atoms with E-state index in [1.165, 1.54) is 19.5 Å². The molecule has 0 aliphatic carbocycles. The molecule has 0 spiro atoms. The summed E-state index contributed by atoms with van der Waals surface area (Å²) >= 11 is 0. The van der Waals surface area contributed by atoms with Crippen molar-refractivity contribution >= 4 is 39.5 Å². The van der Waals surface area contributed by atoms with Crippen molar-refractivity contribution in [2.45, 2.75) is 6.04 Å². The van der Waals surface area contributed by atoms with Gasteiger partial charge in [-0.3, -0.25) is 14.8 Å². The van der Waals surface area contributed by atoms with Crippen molar-refractivity contribution in [3.8, 4) is 29.6 Å². The molecule has 3 aromatic heterocycles. The zero-order chi connectivity index (χ0) is 30.6. The first-order valence-corrected chi connectivity index (χ1v) is 13.8. The molecule has 1 aliphatic rings. The molecule has 0 saturated carbocycles. The number of terminal acetylenes is 1. The van der Waals surface area contributed by atoms with Crippen LogP contribution in [0.1, 0.15) is 11.3 Å². The summed E-state index contributed by atoms with van der Waals surface area (Å²) in [6.07, 6.45) is 9.84. The van der Waals surface area contributed by atoms with Gasteiger partial charge in [-0.1, -0.05) is 42.3 Å². The topological polar surface area (TPSA) is 102 Å². The van der Waals surface area contributed by atoms with Gasteiger partial charge < -0.3 is 19.7 Å². The predicted molar refractivity (Wildman–Crippen MR) is 163 cm³/mol. The van der Waals surface area contributed by atoms with Crippen LogP contribution in [0.2, 0.25) is 0 Å². The van der Waals surface area contributed by atoms with Gasteiger partial charge in [0.15, 0.2) is 11.6 Å². The van der Waals surface area contributed by atoms with E-state index in [1.807, 2.05) is 24.3 Å². The molecule has 0 bridgehead atoms. The van der Waals surface area contributed by atoms with Crippen LogP contribution in [-0.2, 0) is 9.53 Å². The highest BCUT2D eigenvalue weighted by Gasteiger charge is 2.27. The SMILES string of the molecule is C#Cc1cccc2cccc(-c3ncc4c(N5CCOCC(NC(=O)/C(F)=C/c6ccccn6)C5)nc(OC)nc4c3F)c12. The van der Waals surface area contributed by atoms with E-state index in [9.17, 15) is 9.18 Å². The largest absolute Gasteiger partial charge is 0.467 e. The van der Waals surface area contributed by atoms with Crippen LogP contribution >= 0.6 is 0 Å². The third-order valence-electron chi connectivity index (χ3n) is 7.22. The maximum Gasteiger partial charge on any atom is 0.318 e. The lowest BCUT2D eigenvalue weighted by Crippen LogP contribution is -2.45. The molecule has 5 aromatic rings. The predicted octanol–water partition coefficient (Wildman–Crippen LogP) is 4.70. The van der Waals surface area contributed by atoms with Gasteiger partial charge in [0.1, 0.15) is 17.0 Å². The molecule has 2 aromatic carbocycles. The fourth-order valence-electron chi connectivity index (χ4n) is 5.20. The van der Waals surface area contributed by atoms with Crippen molar-refractivity contribution in [1.29, 1.82) is 0 Å². The molecular weight excluding hydrogens is 566 g/mol. The third kappa shape index (κ3) is 5.63. The number of hydrogen-bond acceptors (Lipinski definition) is 8. The third-order valence-corrected chi connectivity index (χ3v) is 7.22. The van der Waals surface area contributed by atoms with Gasteiger partial charge in [0.2, 0.25) is 0 Å². The van der Waals surface area contributed by atoms with Crippen LogP contribution in [0, 0.1) is 18.2 Å². The number of rotatable bonds is 6. The highest BCUT2D eigenvalue weighted by molar-refractivity contribution is 6.02. The second kappa shape index (κ2) is 12.4. The molecule has 44 heavy (non-hydrogen) atoms. The van der Waals surface area contributed by atoms with Crippen LogP contribution in [0.4, 0.5) is 14.6 Å². The van der Waals surface area contributed by atoms with E-state index in [-0.39, 0.29) is 37.0 Å². The van der Waals surface area contributed by atoms with Crippen molar-refractivity contribution in [3.05, 3.63) is 89.9 Å². The number of ether oxygens (including phenoxy) is 2. The average molecular weight is 593 g/mol. The van der Waals surface area contributed by atoms with Crippen molar-refractivity contribution in [2.75, 3.05) is 38.3 Å². The minimum absolute atomic E-state index is 0.00197. The van der Waals surface area contributed by atoms with Crippen molar-refractivity contribution < 1.29 is 23.0 Å². The Kier molecular flexibility index (Phi) is 8.08. The standard InChI is InChI=1S/C33H26F2N6O3/c1-3-20-8-6-9-21-10-7-12-24(27(20)21)29-28(35)30-25(17-37-29)31(40-33(39-30)43-2)41-14-15-44-19-23(18-41)38-32(42)26(34)16-22-11-4-5-13-36-22/h1,4-13,16-17,23H,14-15,18-19H2,2H3,(H,38,42)/b26-16-. The molecule has 1 unspecified atom stereocenters. The number of halogens is 2. The van der Waals surface area contributed by atoms with Gasteiger partial charge in [0, 0.05) is 48.1 Å². The summed E-state index contributed by atoms with van der Waals surface area (Å²) in [5.41, 5.74) is 1.54. The number of nitrogens with one attached hydrogen (secondary N) is 1. The Labute approximate surface area is 251 Å². The first-order valence-electron chi connectivity index (χ1n) is 13.8. The number of carbonyl (C=O) groups excluding carboxylic acids is 1. The molecule has 6 rings (SSSR count). The van der Waals surface area contributed by atoms with Crippen LogP contribution in [-0.4, -0.2) is 65.3 Å². The highest BCUT2D eigenvalue weighted by atomic mass is 19.1. The Hall–Kier alpha value is -5.47. The smallest absolute Gasteiger partial charge is 0.318 e. The van der Waals surface area contributed by atoms with Gasteiger partial charge in [-0.15, -0.1) is 6.42 Å². The molecule has 11 heteroatoms. The maximum atomic E-state index is 16.4. The summed E-state index contributed by atoms with van der Waals surface area (Å²) in [5, 5.41) is 4.56. The molecule has 1 aliphatic heterocycles. The number of hydrogen-bond donors (Lipinski definition) is 1. The van der Waals surface area contributed by atoms with Gasteiger partial charge in [-0.2, -0.15) is 9.97 Å². The summed E-state index contributed by atoms with van der Waals surface area (Å²) in [7, 11) is 1.39. The van der Waals surface area contributed by atoms with Crippen LogP contribution < -0.4 is 15.0 Å². The Bertz CT molecular complexity index is 1940. The second-order valence-electron chi connectivity index (χ2n) is 10.0. The summed E-state index contributed by atoms with van der Waals surface area (Å²) in [6, 6.07) is 15.3. The monoisotopic (exact) mass is 592 g/mol. The van der Waals surface area contributed by atoms with E-state index in [4.69, 9.17) is 15.9 Å². The molecule has 0 radical (unpaired) electrons. The fourth-order valence-corrected chi connectivity index (χ4v) is 5.20. The molecule has 4 heterocycles. The molecule has 1 amide bonds. The zero-order valence-electron chi connectivity index (χ0n) is 23.6.